The minimum atomic E-state index is -1.66. The number of nitrogens with two attached hydrogens (primary N) is 1. The Labute approximate surface area is 198 Å². The Morgan fingerprint density at radius 3 is 1.97 bits per heavy atom. The van der Waals surface area contributed by atoms with Gasteiger partial charge in [-0.1, -0.05) is 91.0 Å². The predicted molar refractivity (Wildman–Crippen MR) is 130 cm³/mol. The number of primary amides is 1. The molecule has 0 unspecified atom stereocenters. The zero-order valence-corrected chi connectivity index (χ0v) is 18.5. The van der Waals surface area contributed by atoms with Gasteiger partial charge in [-0.05, 0) is 29.7 Å². The van der Waals surface area contributed by atoms with Crippen LogP contribution in [0.2, 0.25) is 0 Å². The van der Waals surface area contributed by atoms with Crippen molar-refractivity contribution in [3.05, 3.63) is 114 Å². The van der Waals surface area contributed by atoms with Crippen molar-refractivity contribution in [1.82, 2.24) is 10.6 Å². The van der Waals surface area contributed by atoms with Gasteiger partial charge in [0.15, 0.2) is 6.10 Å². The van der Waals surface area contributed by atoms with E-state index in [1.165, 1.54) is 0 Å². The highest BCUT2D eigenvalue weighted by molar-refractivity contribution is 5.95. The number of carbonyl (C=O) groups is 3. The van der Waals surface area contributed by atoms with Gasteiger partial charge in [-0.2, -0.15) is 0 Å². The van der Waals surface area contributed by atoms with E-state index in [0.29, 0.717) is 11.1 Å². The van der Waals surface area contributed by atoms with Crippen molar-refractivity contribution >= 4 is 23.8 Å². The van der Waals surface area contributed by atoms with Crippen molar-refractivity contribution in [2.75, 3.05) is 0 Å². The lowest BCUT2D eigenvalue weighted by Gasteiger charge is -2.25. The highest BCUT2D eigenvalue weighted by Crippen LogP contribution is 2.18. The quantitative estimate of drug-likeness (QED) is 0.374. The molecular weight excluding hydrogens is 430 g/mol. The second kappa shape index (κ2) is 12.1. The molecule has 0 aliphatic heterocycles. The van der Waals surface area contributed by atoms with E-state index in [9.17, 15) is 19.5 Å². The minimum Gasteiger partial charge on any atom is -0.381 e. The van der Waals surface area contributed by atoms with E-state index in [2.05, 4.69) is 10.6 Å². The summed E-state index contributed by atoms with van der Waals surface area (Å²) < 4.78 is 0. The van der Waals surface area contributed by atoms with Crippen molar-refractivity contribution in [2.45, 2.75) is 24.6 Å². The Bertz CT molecular complexity index is 1120. The standard InChI is InChI=1S/C27H27N3O4/c28-25(32)22(18-10-13-19-11-4-1-5-12-19)29-27(34)24(31)23(20-14-6-2-7-15-20)30-26(33)21-16-8-3-9-17-21/h1-17,22-24,31H,18H2,(H2,28,32)(H,29,34)(H,30,33)/b13-10+/t22-,23+,24-/m1/s1. The molecule has 3 rings (SSSR count). The maximum Gasteiger partial charge on any atom is 0.252 e. The number of benzene rings is 3. The fourth-order valence-electron chi connectivity index (χ4n) is 3.38. The highest BCUT2D eigenvalue weighted by Gasteiger charge is 2.31. The lowest BCUT2D eigenvalue weighted by Crippen LogP contribution is -2.51. The van der Waals surface area contributed by atoms with Gasteiger partial charge < -0.3 is 21.5 Å². The van der Waals surface area contributed by atoms with Crippen molar-refractivity contribution < 1.29 is 19.5 Å². The fraction of sp³-hybridized carbons (Fsp3) is 0.148. The molecule has 0 aromatic heterocycles. The topological polar surface area (TPSA) is 122 Å². The van der Waals surface area contributed by atoms with Gasteiger partial charge in [0.1, 0.15) is 6.04 Å². The van der Waals surface area contributed by atoms with Gasteiger partial charge in [0, 0.05) is 5.56 Å². The van der Waals surface area contributed by atoms with Crippen LogP contribution in [-0.4, -0.2) is 35.0 Å². The normalized spacial score (nSPS) is 13.6. The van der Waals surface area contributed by atoms with Crippen molar-refractivity contribution in [1.29, 1.82) is 0 Å². The molecule has 0 saturated carbocycles. The van der Waals surface area contributed by atoms with Gasteiger partial charge in [0.25, 0.3) is 11.8 Å². The highest BCUT2D eigenvalue weighted by atomic mass is 16.3. The van der Waals surface area contributed by atoms with Gasteiger partial charge in [-0.15, -0.1) is 0 Å². The summed E-state index contributed by atoms with van der Waals surface area (Å²) in [5.74, 6) is -2.00. The van der Waals surface area contributed by atoms with E-state index < -0.39 is 35.9 Å². The summed E-state index contributed by atoms with van der Waals surface area (Å²) in [4.78, 5) is 37.5. The SMILES string of the molecule is NC(=O)[C@@H](C/C=C/c1ccccc1)NC(=O)[C@H](O)[C@@H](NC(=O)c1ccccc1)c1ccccc1. The van der Waals surface area contributed by atoms with E-state index in [1.54, 1.807) is 66.7 Å². The summed E-state index contributed by atoms with van der Waals surface area (Å²) in [6.45, 7) is 0. The van der Waals surface area contributed by atoms with Crippen molar-refractivity contribution in [3.8, 4) is 0 Å². The molecule has 0 heterocycles. The second-order valence-electron chi connectivity index (χ2n) is 7.68. The number of hydrogen-bond acceptors (Lipinski definition) is 4. The molecule has 3 aromatic carbocycles. The lowest BCUT2D eigenvalue weighted by molar-refractivity contribution is -0.134. The van der Waals surface area contributed by atoms with Crippen molar-refractivity contribution in [3.63, 3.8) is 0 Å². The van der Waals surface area contributed by atoms with E-state index in [1.807, 2.05) is 36.4 Å². The van der Waals surface area contributed by atoms with Crippen LogP contribution in [0.1, 0.15) is 33.9 Å². The maximum absolute atomic E-state index is 12.9. The summed E-state index contributed by atoms with van der Waals surface area (Å²) in [6.07, 6.45) is 2.03. The monoisotopic (exact) mass is 457 g/mol. The molecule has 3 amide bonds. The second-order valence-corrected chi connectivity index (χ2v) is 7.68. The molecule has 34 heavy (non-hydrogen) atoms. The summed E-state index contributed by atoms with van der Waals surface area (Å²) in [6, 6.07) is 24.5. The molecule has 0 spiro atoms. The van der Waals surface area contributed by atoms with Gasteiger partial charge in [-0.25, -0.2) is 0 Å². The molecule has 0 fully saturated rings. The Kier molecular flexibility index (Phi) is 8.71. The number of rotatable bonds is 10. The molecule has 0 radical (unpaired) electrons. The van der Waals surface area contributed by atoms with Gasteiger partial charge in [-0.3, -0.25) is 14.4 Å². The van der Waals surface area contributed by atoms with Crippen LogP contribution in [-0.2, 0) is 9.59 Å². The third kappa shape index (κ3) is 6.88. The summed E-state index contributed by atoms with van der Waals surface area (Å²) >= 11 is 0. The van der Waals surface area contributed by atoms with Crippen LogP contribution in [0.25, 0.3) is 6.08 Å². The Morgan fingerprint density at radius 2 is 1.38 bits per heavy atom. The number of aliphatic hydroxyl groups is 1. The predicted octanol–water partition coefficient (Wildman–Crippen LogP) is 2.59. The summed E-state index contributed by atoms with van der Waals surface area (Å²) in [5, 5.41) is 16.1. The molecule has 0 bridgehead atoms. The van der Waals surface area contributed by atoms with Crippen LogP contribution in [0.5, 0.6) is 0 Å². The van der Waals surface area contributed by atoms with E-state index >= 15 is 0 Å². The van der Waals surface area contributed by atoms with Crippen LogP contribution in [0.15, 0.2) is 97.1 Å². The summed E-state index contributed by atoms with van der Waals surface area (Å²) in [5.41, 5.74) is 7.33. The first kappa shape index (κ1) is 24.4. The molecule has 3 aromatic rings. The maximum atomic E-state index is 12.9. The lowest BCUT2D eigenvalue weighted by atomic mass is 9.99. The van der Waals surface area contributed by atoms with Crippen molar-refractivity contribution in [2.24, 2.45) is 5.73 Å². The Morgan fingerprint density at radius 1 is 0.824 bits per heavy atom. The summed E-state index contributed by atoms with van der Waals surface area (Å²) in [7, 11) is 0. The Hall–Kier alpha value is -4.23. The van der Waals surface area contributed by atoms with E-state index in [0.717, 1.165) is 5.56 Å². The molecule has 0 aliphatic carbocycles. The molecule has 0 aliphatic rings. The zero-order valence-electron chi connectivity index (χ0n) is 18.5. The molecule has 7 heteroatoms. The number of nitrogens with one attached hydrogen (secondary N) is 2. The van der Waals surface area contributed by atoms with Crippen LogP contribution < -0.4 is 16.4 Å². The van der Waals surface area contributed by atoms with Crippen LogP contribution in [0.4, 0.5) is 0 Å². The third-order valence-corrected chi connectivity index (χ3v) is 5.21. The third-order valence-electron chi connectivity index (χ3n) is 5.21. The molecule has 5 N–H and O–H groups in total. The first-order valence-corrected chi connectivity index (χ1v) is 10.9. The van der Waals surface area contributed by atoms with Gasteiger partial charge >= 0.3 is 0 Å². The average Bonchev–Trinajstić information content (AvgIpc) is 2.87. The number of amides is 3. The number of aliphatic hydroxyl groups excluding tert-OH is 1. The first-order valence-electron chi connectivity index (χ1n) is 10.9. The smallest absolute Gasteiger partial charge is 0.252 e. The largest absolute Gasteiger partial charge is 0.381 e. The Balaban J connectivity index is 1.73. The fourth-order valence-corrected chi connectivity index (χ4v) is 3.38. The number of hydrogen-bond donors (Lipinski definition) is 4. The van der Waals surface area contributed by atoms with Crippen LogP contribution in [0.3, 0.4) is 0 Å². The van der Waals surface area contributed by atoms with Gasteiger partial charge in [0.05, 0.1) is 6.04 Å². The molecule has 7 nitrogen and oxygen atoms in total. The van der Waals surface area contributed by atoms with E-state index in [4.69, 9.17) is 5.73 Å². The van der Waals surface area contributed by atoms with Gasteiger partial charge in [0.2, 0.25) is 5.91 Å². The van der Waals surface area contributed by atoms with Crippen LogP contribution in [0, 0.1) is 0 Å². The number of carbonyl (C=O) groups excluding carboxylic acids is 3. The van der Waals surface area contributed by atoms with E-state index in [-0.39, 0.29) is 6.42 Å². The van der Waals surface area contributed by atoms with Crippen LogP contribution >= 0.6 is 0 Å². The molecule has 3 atom stereocenters. The zero-order chi connectivity index (χ0) is 24.3. The first-order chi connectivity index (χ1) is 16.5. The molecule has 174 valence electrons. The molecular formula is C27H27N3O4. The average molecular weight is 458 g/mol. The molecule has 0 saturated heterocycles. The minimum absolute atomic E-state index is 0.148.